The Labute approximate surface area is 127 Å². The smallest absolute Gasteiger partial charge is 0.364 e. The number of rotatable bonds is 5. The lowest BCUT2D eigenvalue weighted by Crippen LogP contribution is -2.29. The van der Waals surface area contributed by atoms with Gasteiger partial charge in [-0.15, -0.1) is 0 Å². The highest BCUT2D eigenvalue weighted by atomic mass is 19.4. The van der Waals surface area contributed by atoms with Crippen molar-refractivity contribution in [1.29, 1.82) is 0 Å². The fraction of sp³-hybridized carbons (Fsp3) is 0.235. The normalized spacial score (nSPS) is 11.3. The van der Waals surface area contributed by atoms with Crippen LogP contribution >= 0.6 is 0 Å². The number of hydrogen-bond donors (Lipinski definition) is 0. The van der Waals surface area contributed by atoms with E-state index in [1.807, 2.05) is 0 Å². The maximum atomic E-state index is 12.8. The van der Waals surface area contributed by atoms with Crippen LogP contribution in [0.25, 0.3) is 0 Å². The first kappa shape index (κ1) is 16.1. The van der Waals surface area contributed by atoms with Crippen molar-refractivity contribution in [2.24, 2.45) is 0 Å². The predicted octanol–water partition coefficient (Wildman–Crippen LogP) is 4.41. The molecular weight excluding hydrogens is 291 g/mol. The monoisotopic (exact) mass is 307 g/mol. The number of likely N-dealkylation sites (N-methyl/N-ethyl adjacent to an activating group) is 1. The lowest BCUT2D eigenvalue weighted by molar-refractivity contribution is -0.137. The Kier molecular flexibility index (Phi) is 4.85. The second-order valence-corrected chi connectivity index (χ2v) is 4.85. The van der Waals surface area contributed by atoms with Crippen molar-refractivity contribution in [3.8, 4) is 0 Å². The third kappa shape index (κ3) is 3.87. The van der Waals surface area contributed by atoms with Gasteiger partial charge in [-0.1, -0.05) is 36.4 Å². The van der Waals surface area contributed by atoms with Crippen molar-refractivity contribution < 1.29 is 18.0 Å². The lowest BCUT2D eigenvalue weighted by atomic mass is 10.1. The van der Waals surface area contributed by atoms with E-state index >= 15 is 0 Å². The van der Waals surface area contributed by atoms with E-state index < -0.39 is 11.7 Å². The number of hydrogen-bond acceptors (Lipinski definition) is 2. The van der Waals surface area contributed by atoms with E-state index in [-0.39, 0.29) is 12.3 Å². The van der Waals surface area contributed by atoms with Gasteiger partial charge in [0.25, 0.3) is 0 Å². The number of benzene rings is 2. The average Bonchev–Trinajstić information content (AvgIpc) is 2.52. The standard InChI is InChI=1S/C17H16F3NO/c1-2-21(12-16(22)13-7-4-3-5-8-13)15-10-6-9-14(11-15)17(18,19)20/h3-11H,2,12H2,1H3. The predicted molar refractivity (Wildman–Crippen MR) is 80.1 cm³/mol. The molecule has 22 heavy (non-hydrogen) atoms. The minimum Gasteiger partial charge on any atom is -0.364 e. The molecule has 0 amide bonds. The molecule has 5 heteroatoms. The van der Waals surface area contributed by atoms with Gasteiger partial charge >= 0.3 is 6.18 Å². The van der Waals surface area contributed by atoms with Crippen LogP contribution < -0.4 is 4.90 Å². The highest BCUT2D eigenvalue weighted by Crippen LogP contribution is 2.31. The first-order valence-corrected chi connectivity index (χ1v) is 6.92. The molecule has 0 aliphatic rings. The van der Waals surface area contributed by atoms with Gasteiger partial charge in [0, 0.05) is 17.8 Å². The van der Waals surface area contributed by atoms with Crippen LogP contribution in [0.2, 0.25) is 0 Å². The summed E-state index contributed by atoms with van der Waals surface area (Å²) in [5.74, 6) is -0.125. The quantitative estimate of drug-likeness (QED) is 0.762. The van der Waals surface area contributed by atoms with E-state index in [2.05, 4.69) is 0 Å². The van der Waals surface area contributed by atoms with Crippen LogP contribution in [-0.4, -0.2) is 18.9 Å². The molecule has 0 unspecified atom stereocenters. The van der Waals surface area contributed by atoms with E-state index in [1.165, 1.54) is 6.07 Å². The minimum atomic E-state index is -4.39. The molecule has 0 aromatic heterocycles. The van der Waals surface area contributed by atoms with Gasteiger partial charge in [0.2, 0.25) is 0 Å². The largest absolute Gasteiger partial charge is 0.416 e. The van der Waals surface area contributed by atoms with Gasteiger partial charge in [-0.2, -0.15) is 13.2 Å². The molecular formula is C17H16F3NO. The second-order valence-electron chi connectivity index (χ2n) is 4.85. The Morgan fingerprint density at radius 1 is 1.05 bits per heavy atom. The summed E-state index contributed by atoms with van der Waals surface area (Å²) >= 11 is 0. The average molecular weight is 307 g/mol. The number of halogens is 3. The lowest BCUT2D eigenvalue weighted by Gasteiger charge is -2.23. The summed E-state index contributed by atoms with van der Waals surface area (Å²) in [7, 11) is 0. The first-order chi connectivity index (χ1) is 10.4. The molecule has 2 rings (SSSR count). The Hall–Kier alpha value is -2.30. The van der Waals surface area contributed by atoms with Gasteiger partial charge in [0.15, 0.2) is 5.78 Å². The topological polar surface area (TPSA) is 20.3 Å². The maximum absolute atomic E-state index is 12.8. The van der Waals surface area contributed by atoms with Crippen molar-refractivity contribution in [3.05, 3.63) is 65.7 Å². The molecule has 116 valence electrons. The molecule has 0 saturated carbocycles. The molecule has 0 N–H and O–H groups in total. The first-order valence-electron chi connectivity index (χ1n) is 6.92. The summed E-state index contributed by atoms with van der Waals surface area (Å²) < 4.78 is 38.3. The van der Waals surface area contributed by atoms with Crippen molar-refractivity contribution in [1.82, 2.24) is 0 Å². The van der Waals surface area contributed by atoms with Crippen LogP contribution in [0.1, 0.15) is 22.8 Å². The summed E-state index contributed by atoms with van der Waals surface area (Å²) in [5.41, 5.74) is 0.227. The molecule has 0 atom stereocenters. The summed E-state index contributed by atoms with van der Waals surface area (Å²) in [6, 6.07) is 13.7. The fourth-order valence-corrected chi connectivity index (χ4v) is 2.15. The highest BCUT2D eigenvalue weighted by molar-refractivity contribution is 5.99. The molecule has 0 spiro atoms. The van der Waals surface area contributed by atoms with Crippen molar-refractivity contribution >= 4 is 11.5 Å². The van der Waals surface area contributed by atoms with Gasteiger partial charge in [-0.05, 0) is 25.1 Å². The Balaban J connectivity index is 2.20. The van der Waals surface area contributed by atoms with Crippen LogP contribution in [0.4, 0.5) is 18.9 Å². The summed E-state index contributed by atoms with van der Waals surface area (Å²) in [5, 5.41) is 0. The number of carbonyl (C=O) groups is 1. The number of anilines is 1. The van der Waals surface area contributed by atoms with Crippen LogP contribution in [0.3, 0.4) is 0 Å². The van der Waals surface area contributed by atoms with Crippen LogP contribution in [-0.2, 0) is 6.18 Å². The third-order valence-electron chi connectivity index (χ3n) is 3.35. The van der Waals surface area contributed by atoms with E-state index in [0.717, 1.165) is 12.1 Å². The van der Waals surface area contributed by atoms with E-state index in [0.29, 0.717) is 17.8 Å². The molecule has 0 saturated heterocycles. The minimum absolute atomic E-state index is 0.0435. The fourth-order valence-electron chi connectivity index (χ4n) is 2.15. The van der Waals surface area contributed by atoms with Crippen molar-refractivity contribution in [3.63, 3.8) is 0 Å². The van der Waals surface area contributed by atoms with Gasteiger partial charge in [0.05, 0.1) is 12.1 Å². The zero-order chi connectivity index (χ0) is 16.2. The van der Waals surface area contributed by atoms with E-state index in [4.69, 9.17) is 0 Å². The van der Waals surface area contributed by atoms with Crippen LogP contribution in [0, 0.1) is 0 Å². The number of alkyl halides is 3. The molecule has 0 aliphatic heterocycles. The van der Waals surface area contributed by atoms with E-state index in [9.17, 15) is 18.0 Å². The molecule has 0 aliphatic carbocycles. The van der Waals surface area contributed by atoms with Gasteiger partial charge in [-0.3, -0.25) is 4.79 Å². The Bertz CT molecular complexity index is 638. The van der Waals surface area contributed by atoms with Gasteiger partial charge in [-0.25, -0.2) is 0 Å². The molecule has 2 aromatic rings. The molecule has 0 radical (unpaired) electrons. The number of ketones is 1. The van der Waals surface area contributed by atoms with Crippen LogP contribution in [0.5, 0.6) is 0 Å². The number of nitrogens with zero attached hydrogens (tertiary/aromatic N) is 1. The second kappa shape index (κ2) is 6.64. The van der Waals surface area contributed by atoms with E-state index in [1.54, 1.807) is 48.2 Å². The van der Waals surface area contributed by atoms with Gasteiger partial charge < -0.3 is 4.90 Å². The SMILES string of the molecule is CCN(CC(=O)c1ccccc1)c1cccc(C(F)(F)F)c1. The van der Waals surface area contributed by atoms with Crippen LogP contribution in [0.15, 0.2) is 54.6 Å². The Morgan fingerprint density at radius 3 is 2.32 bits per heavy atom. The molecule has 0 heterocycles. The molecule has 0 fully saturated rings. The molecule has 0 bridgehead atoms. The van der Waals surface area contributed by atoms with Gasteiger partial charge in [0.1, 0.15) is 0 Å². The number of carbonyl (C=O) groups excluding carboxylic acids is 1. The maximum Gasteiger partial charge on any atom is 0.416 e. The molecule has 2 aromatic carbocycles. The van der Waals surface area contributed by atoms with Crippen molar-refractivity contribution in [2.75, 3.05) is 18.0 Å². The Morgan fingerprint density at radius 2 is 1.73 bits per heavy atom. The molecule has 2 nitrogen and oxygen atoms in total. The number of Topliss-reactive ketones (excluding diaryl/α,β-unsaturated/α-hetero) is 1. The highest BCUT2D eigenvalue weighted by Gasteiger charge is 2.30. The summed E-state index contributed by atoms with van der Waals surface area (Å²) in [4.78, 5) is 13.8. The van der Waals surface area contributed by atoms with Crippen molar-refractivity contribution in [2.45, 2.75) is 13.1 Å². The third-order valence-corrected chi connectivity index (χ3v) is 3.35. The summed E-state index contributed by atoms with van der Waals surface area (Å²) in [6.45, 7) is 2.29. The zero-order valence-corrected chi connectivity index (χ0v) is 12.1. The zero-order valence-electron chi connectivity index (χ0n) is 12.1. The summed E-state index contributed by atoms with van der Waals surface area (Å²) in [6.07, 6.45) is -4.39.